The Balaban J connectivity index is 1.64. The number of hydrogen-bond donors (Lipinski definition) is 2. The molecule has 4 heteroatoms. The van der Waals surface area contributed by atoms with Gasteiger partial charge < -0.3 is 10.4 Å². The Hall–Kier alpha value is -0.220. The van der Waals surface area contributed by atoms with Crippen LogP contribution in [0.2, 0.25) is 0 Å². The van der Waals surface area contributed by atoms with Gasteiger partial charge in [0, 0.05) is 18.9 Å². The molecule has 0 amide bonds. The first-order valence-corrected chi connectivity index (χ1v) is 10.2. The number of fused-ring (bicyclic) bond motifs is 1. The molecule has 3 aliphatic rings. The van der Waals surface area contributed by atoms with Gasteiger partial charge in [-0.25, -0.2) is 8.78 Å². The molecular weight excluding hydrogens is 308 g/mol. The summed E-state index contributed by atoms with van der Waals surface area (Å²) in [6.07, 6.45) is 7.07. The van der Waals surface area contributed by atoms with Crippen molar-refractivity contribution in [3.63, 3.8) is 0 Å². The zero-order valence-corrected chi connectivity index (χ0v) is 15.1. The summed E-state index contributed by atoms with van der Waals surface area (Å²) < 4.78 is 27.6. The van der Waals surface area contributed by atoms with Crippen molar-refractivity contribution in [2.75, 3.05) is 13.6 Å². The van der Waals surface area contributed by atoms with Crippen molar-refractivity contribution < 1.29 is 13.9 Å². The number of aliphatic hydroxyl groups excluding tert-OH is 1. The second-order valence-electron chi connectivity index (χ2n) is 8.75. The zero-order chi connectivity index (χ0) is 17.1. The summed E-state index contributed by atoms with van der Waals surface area (Å²) in [6.45, 7) is 0.758. The Morgan fingerprint density at radius 1 is 0.875 bits per heavy atom. The van der Waals surface area contributed by atoms with Gasteiger partial charge in [-0.1, -0.05) is 25.7 Å². The predicted molar refractivity (Wildman–Crippen MR) is 93.3 cm³/mol. The molecule has 0 aromatic rings. The Labute approximate surface area is 145 Å². The fourth-order valence-electron chi connectivity index (χ4n) is 5.95. The maximum atomic E-state index is 13.8. The molecule has 0 bridgehead atoms. The average molecular weight is 344 g/mol. The molecule has 0 aromatic heterocycles. The lowest BCUT2D eigenvalue weighted by Crippen LogP contribution is -2.45. The topological polar surface area (TPSA) is 32.3 Å². The quantitative estimate of drug-likeness (QED) is 0.781. The van der Waals surface area contributed by atoms with E-state index in [1.807, 2.05) is 7.05 Å². The molecular formula is C20H35F2NO. The Kier molecular flexibility index (Phi) is 6.53. The van der Waals surface area contributed by atoms with Gasteiger partial charge in [-0.3, -0.25) is 0 Å². The number of halogens is 2. The van der Waals surface area contributed by atoms with Crippen LogP contribution in [0, 0.1) is 29.6 Å². The molecule has 7 atom stereocenters. The van der Waals surface area contributed by atoms with Crippen LogP contribution in [0.4, 0.5) is 8.78 Å². The van der Waals surface area contributed by atoms with Crippen LogP contribution in [0.5, 0.6) is 0 Å². The molecule has 140 valence electrons. The molecule has 5 unspecified atom stereocenters. The number of alkyl halides is 2. The fourth-order valence-corrected chi connectivity index (χ4v) is 5.95. The van der Waals surface area contributed by atoms with Gasteiger partial charge in [-0.2, -0.15) is 0 Å². The maximum Gasteiger partial charge on any atom is 0.103 e. The second kappa shape index (κ2) is 8.44. The van der Waals surface area contributed by atoms with Crippen LogP contribution in [-0.2, 0) is 0 Å². The highest BCUT2D eigenvalue weighted by Crippen LogP contribution is 2.46. The Morgan fingerprint density at radius 3 is 2.21 bits per heavy atom. The predicted octanol–water partition coefficient (Wildman–Crippen LogP) is 4.27. The molecule has 0 saturated heterocycles. The second-order valence-corrected chi connectivity index (χ2v) is 8.75. The number of nitrogens with one attached hydrogen (secondary N) is 1. The Bertz CT molecular complexity index is 384. The van der Waals surface area contributed by atoms with Crippen molar-refractivity contribution in [2.45, 2.75) is 82.7 Å². The van der Waals surface area contributed by atoms with E-state index in [9.17, 15) is 13.9 Å². The van der Waals surface area contributed by atoms with Crippen LogP contribution < -0.4 is 5.32 Å². The summed E-state index contributed by atoms with van der Waals surface area (Å²) in [7, 11) is 1.92. The monoisotopic (exact) mass is 343 g/mol. The SMILES string of the molecule is CNC[C@H](C1CCC2CCCCC2C1)[C@@H](O)C1CC(F)CC(F)C1. The van der Waals surface area contributed by atoms with Crippen LogP contribution >= 0.6 is 0 Å². The van der Waals surface area contributed by atoms with Gasteiger partial charge in [-0.15, -0.1) is 0 Å². The largest absolute Gasteiger partial charge is 0.392 e. The third-order valence-corrected chi connectivity index (χ3v) is 7.18. The lowest BCUT2D eigenvalue weighted by molar-refractivity contribution is -0.0357. The minimum atomic E-state index is -1.09. The highest BCUT2D eigenvalue weighted by atomic mass is 19.1. The Morgan fingerprint density at radius 2 is 1.54 bits per heavy atom. The van der Waals surface area contributed by atoms with Crippen molar-refractivity contribution in [1.29, 1.82) is 0 Å². The molecule has 3 rings (SSSR count). The lowest BCUT2D eigenvalue weighted by atomic mass is 9.63. The third kappa shape index (κ3) is 4.30. The first kappa shape index (κ1) is 18.6. The van der Waals surface area contributed by atoms with Crippen molar-refractivity contribution in [1.82, 2.24) is 5.32 Å². The van der Waals surface area contributed by atoms with Crippen molar-refractivity contribution in [2.24, 2.45) is 29.6 Å². The van der Waals surface area contributed by atoms with Crippen LogP contribution in [0.15, 0.2) is 0 Å². The third-order valence-electron chi connectivity index (χ3n) is 7.18. The van der Waals surface area contributed by atoms with Gasteiger partial charge in [0.25, 0.3) is 0 Å². The summed E-state index contributed by atoms with van der Waals surface area (Å²) in [5.74, 6) is 2.14. The van der Waals surface area contributed by atoms with E-state index in [1.54, 1.807) is 0 Å². The van der Waals surface area contributed by atoms with E-state index in [1.165, 1.54) is 44.9 Å². The molecule has 0 radical (unpaired) electrons. The van der Waals surface area contributed by atoms with E-state index in [0.29, 0.717) is 18.8 Å². The maximum absolute atomic E-state index is 13.8. The molecule has 3 saturated carbocycles. The molecule has 0 spiro atoms. The minimum absolute atomic E-state index is 0.0209. The zero-order valence-electron chi connectivity index (χ0n) is 15.1. The van der Waals surface area contributed by atoms with Crippen molar-refractivity contribution >= 4 is 0 Å². The van der Waals surface area contributed by atoms with Crippen LogP contribution in [0.3, 0.4) is 0 Å². The van der Waals surface area contributed by atoms with Crippen molar-refractivity contribution in [3.8, 4) is 0 Å². The normalized spacial score (nSPS) is 43.0. The first-order chi connectivity index (χ1) is 11.6. The molecule has 0 aliphatic heterocycles. The summed E-state index contributed by atoms with van der Waals surface area (Å²) in [6, 6.07) is 0. The van der Waals surface area contributed by atoms with Crippen molar-refractivity contribution in [3.05, 3.63) is 0 Å². The fraction of sp³-hybridized carbons (Fsp3) is 1.00. The number of rotatable bonds is 5. The highest BCUT2D eigenvalue weighted by molar-refractivity contribution is 4.92. The van der Waals surface area contributed by atoms with Crippen LogP contribution in [0.1, 0.15) is 64.2 Å². The van der Waals surface area contributed by atoms with E-state index < -0.39 is 18.4 Å². The van der Waals surface area contributed by atoms with E-state index in [2.05, 4.69) is 5.32 Å². The van der Waals surface area contributed by atoms with Gasteiger partial charge in [0.15, 0.2) is 0 Å². The minimum Gasteiger partial charge on any atom is -0.392 e. The first-order valence-electron chi connectivity index (χ1n) is 10.2. The number of hydrogen-bond acceptors (Lipinski definition) is 2. The highest BCUT2D eigenvalue weighted by Gasteiger charge is 2.41. The van der Waals surface area contributed by atoms with Gasteiger partial charge in [-0.05, 0) is 62.8 Å². The molecule has 3 aliphatic carbocycles. The number of aliphatic hydroxyl groups is 1. The molecule has 2 nitrogen and oxygen atoms in total. The lowest BCUT2D eigenvalue weighted by Gasteiger charge is -2.45. The molecule has 24 heavy (non-hydrogen) atoms. The molecule has 0 aromatic carbocycles. The van der Waals surface area contributed by atoms with Gasteiger partial charge in [0.1, 0.15) is 12.3 Å². The van der Waals surface area contributed by atoms with E-state index >= 15 is 0 Å². The van der Waals surface area contributed by atoms with Crippen LogP contribution in [-0.4, -0.2) is 37.1 Å². The summed E-state index contributed by atoms with van der Waals surface area (Å²) in [5, 5.41) is 14.2. The summed E-state index contributed by atoms with van der Waals surface area (Å²) in [4.78, 5) is 0. The smallest absolute Gasteiger partial charge is 0.103 e. The van der Waals surface area contributed by atoms with E-state index in [0.717, 1.165) is 18.4 Å². The molecule has 2 N–H and O–H groups in total. The van der Waals surface area contributed by atoms with E-state index in [4.69, 9.17) is 0 Å². The van der Waals surface area contributed by atoms with E-state index in [-0.39, 0.29) is 18.3 Å². The average Bonchev–Trinajstić information content (AvgIpc) is 2.58. The van der Waals surface area contributed by atoms with Gasteiger partial charge in [0.2, 0.25) is 0 Å². The van der Waals surface area contributed by atoms with Gasteiger partial charge in [0.05, 0.1) is 6.10 Å². The molecule has 3 fully saturated rings. The van der Waals surface area contributed by atoms with Gasteiger partial charge >= 0.3 is 0 Å². The van der Waals surface area contributed by atoms with Crippen LogP contribution in [0.25, 0.3) is 0 Å². The standard InChI is InChI=1S/C20H35F2NO/c1-23-12-19(20(24)16-9-17(21)11-18(22)10-16)15-7-6-13-4-2-3-5-14(13)8-15/h13-20,23-24H,2-12H2,1H3/t13?,14?,15?,16?,17?,18?,19-,20+/m1/s1. The molecule has 0 heterocycles. The summed E-state index contributed by atoms with van der Waals surface area (Å²) >= 11 is 0. The summed E-state index contributed by atoms with van der Waals surface area (Å²) in [5.41, 5.74) is 0.